The summed E-state index contributed by atoms with van der Waals surface area (Å²) in [5.74, 6) is -0.262. The zero-order valence-electron chi connectivity index (χ0n) is 19.6. The van der Waals surface area contributed by atoms with E-state index in [0.29, 0.717) is 21.9 Å². The SMILES string of the molecule is Cc1c(C)c(F)c2c(oc3nc(F)ccc32)c1-c1c2ccc(CC3CCCC3)cc2nc[n+]1C. The van der Waals surface area contributed by atoms with Crippen LogP contribution in [0.1, 0.15) is 42.4 Å². The third kappa shape index (κ3) is 3.19. The van der Waals surface area contributed by atoms with Gasteiger partial charge in [0.1, 0.15) is 11.5 Å². The summed E-state index contributed by atoms with van der Waals surface area (Å²) in [7, 11) is 1.93. The van der Waals surface area contributed by atoms with E-state index in [4.69, 9.17) is 9.40 Å². The fourth-order valence-corrected chi connectivity index (χ4v) is 5.61. The van der Waals surface area contributed by atoms with Gasteiger partial charge in [0.25, 0.3) is 6.33 Å². The molecular weight excluding hydrogens is 432 g/mol. The summed E-state index contributed by atoms with van der Waals surface area (Å²) in [6.45, 7) is 3.67. The Morgan fingerprint density at radius 1 is 1.03 bits per heavy atom. The Morgan fingerprint density at radius 2 is 1.79 bits per heavy atom. The van der Waals surface area contributed by atoms with E-state index in [1.165, 1.54) is 43.4 Å². The Hall–Kier alpha value is -3.41. The maximum Gasteiger partial charge on any atom is 0.287 e. The van der Waals surface area contributed by atoms with E-state index in [0.717, 1.165) is 40.1 Å². The third-order valence-electron chi connectivity index (χ3n) is 7.51. The molecular formula is C28H26F2N3O+. The molecule has 0 unspecified atom stereocenters. The zero-order valence-corrected chi connectivity index (χ0v) is 19.6. The molecule has 0 spiro atoms. The molecule has 0 saturated heterocycles. The van der Waals surface area contributed by atoms with E-state index >= 15 is 4.39 Å². The van der Waals surface area contributed by atoms with Gasteiger partial charge in [0.2, 0.25) is 11.7 Å². The van der Waals surface area contributed by atoms with Crippen LogP contribution in [0.25, 0.3) is 44.2 Å². The predicted molar refractivity (Wildman–Crippen MR) is 128 cm³/mol. The molecule has 1 aliphatic rings. The van der Waals surface area contributed by atoms with Crippen molar-refractivity contribution in [1.82, 2.24) is 9.97 Å². The van der Waals surface area contributed by atoms with Gasteiger partial charge in [0.15, 0.2) is 11.1 Å². The molecule has 5 aromatic rings. The van der Waals surface area contributed by atoms with Crippen molar-refractivity contribution in [2.45, 2.75) is 46.0 Å². The van der Waals surface area contributed by atoms with Gasteiger partial charge in [0.05, 0.1) is 28.8 Å². The highest BCUT2D eigenvalue weighted by Gasteiger charge is 2.27. The lowest BCUT2D eigenvalue weighted by molar-refractivity contribution is -0.662. The molecule has 6 rings (SSSR count). The number of benzene rings is 2. The van der Waals surface area contributed by atoms with Gasteiger partial charge < -0.3 is 4.42 Å². The van der Waals surface area contributed by atoms with Crippen molar-refractivity contribution in [3.8, 4) is 11.3 Å². The molecule has 6 heteroatoms. The topological polar surface area (TPSA) is 42.8 Å². The summed E-state index contributed by atoms with van der Waals surface area (Å²) < 4.78 is 37.3. The first kappa shape index (κ1) is 21.1. The Morgan fingerprint density at radius 3 is 2.59 bits per heavy atom. The van der Waals surface area contributed by atoms with Crippen LogP contribution >= 0.6 is 0 Å². The van der Waals surface area contributed by atoms with Crippen LogP contribution in [0.4, 0.5) is 8.78 Å². The maximum absolute atomic E-state index is 15.5. The van der Waals surface area contributed by atoms with Crippen LogP contribution in [-0.4, -0.2) is 9.97 Å². The van der Waals surface area contributed by atoms with E-state index in [1.807, 2.05) is 18.5 Å². The predicted octanol–water partition coefficient (Wildman–Crippen LogP) is 6.65. The van der Waals surface area contributed by atoms with Crippen molar-refractivity contribution >= 4 is 33.0 Å². The molecule has 0 amide bonds. The molecule has 3 aromatic heterocycles. The Balaban J connectivity index is 1.63. The monoisotopic (exact) mass is 458 g/mol. The molecule has 4 nitrogen and oxygen atoms in total. The zero-order chi connectivity index (χ0) is 23.6. The first-order chi connectivity index (χ1) is 16.4. The van der Waals surface area contributed by atoms with Crippen LogP contribution in [0, 0.1) is 31.5 Å². The van der Waals surface area contributed by atoms with Crippen LogP contribution in [0.3, 0.4) is 0 Å². The van der Waals surface area contributed by atoms with Crippen molar-refractivity contribution in [2.24, 2.45) is 13.0 Å². The minimum atomic E-state index is -0.656. The van der Waals surface area contributed by atoms with Crippen molar-refractivity contribution in [3.63, 3.8) is 0 Å². The number of aromatic nitrogens is 3. The largest absolute Gasteiger partial charge is 0.437 e. The number of rotatable bonds is 3. The van der Waals surface area contributed by atoms with Crippen molar-refractivity contribution in [3.05, 3.63) is 65.1 Å². The summed E-state index contributed by atoms with van der Waals surface area (Å²) >= 11 is 0. The number of hydrogen-bond acceptors (Lipinski definition) is 3. The van der Waals surface area contributed by atoms with Gasteiger partial charge in [-0.3, -0.25) is 0 Å². The van der Waals surface area contributed by atoms with Crippen LogP contribution in [0.5, 0.6) is 0 Å². The Bertz CT molecular complexity index is 1600. The second kappa shape index (κ2) is 7.83. The van der Waals surface area contributed by atoms with Gasteiger partial charge in [0, 0.05) is 0 Å². The smallest absolute Gasteiger partial charge is 0.287 e. The number of nitrogens with zero attached hydrogens (tertiary/aromatic N) is 3. The van der Waals surface area contributed by atoms with Crippen LogP contribution in [0.15, 0.2) is 41.1 Å². The highest BCUT2D eigenvalue weighted by Crippen LogP contribution is 2.41. The van der Waals surface area contributed by atoms with E-state index < -0.39 is 5.95 Å². The lowest BCUT2D eigenvalue weighted by Gasteiger charge is -2.14. The molecule has 172 valence electrons. The number of pyridine rings is 1. The molecule has 0 bridgehead atoms. The van der Waals surface area contributed by atoms with Crippen molar-refractivity contribution in [1.29, 1.82) is 0 Å². The molecule has 0 atom stereocenters. The van der Waals surface area contributed by atoms with Crippen molar-refractivity contribution in [2.75, 3.05) is 0 Å². The molecule has 1 aliphatic carbocycles. The average Bonchev–Trinajstić information content (AvgIpc) is 3.46. The van der Waals surface area contributed by atoms with E-state index in [9.17, 15) is 4.39 Å². The molecule has 0 radical (unpaired) electrons. The molecule has 0 N–H and O–H groups in total. The molecule has 34 heavy (non-hydrogen) atoms. The average molecular weight is 459 g/mol. The number of hydrogen-bond donors (Lipinski definition) is 0. The molecule has 0 aliphatic heterocycles. The second-order valence-electron chi connectivity index (χ2n) is 9.64. The number of aryl methyl sites for hydroxylation is 1. The fourth-order valence-electron chi connectivity index (χ4n) is 5.61. The Labute approximate surface area is 196 Å². The lowest BCUT2D eigenvalue weighted by Crippen LogP contribution is -2.32. The summed E-state index contributed by atoms with van der Waals surface area (Å²) in [5, 5.41) is 1.77. The third-order valence-corrected chi connectivity index (χ3v) is 7.51. The van der Waals surface area contributed by atoms with Gasteiger partial charge in [-0.05, 0) is 72.1 Å². The molecule has 1 fully saturated rings. The molecule has 3 heterocycles. The molecule has 1 saturated carbocycles. The fraction of sp³-hybridized carbons (Fsp3) is 0.321. The van der Waals surface area contributed by atoms with Gasteiger partial charge in [-0.1, -0.05) is 31.7 Å². The molecule has 2 aromatic carbocycles. The second-order valence-corrected chi connectivity index (χ2v) is 9.64. The summed E-state index contributed by atoms with van der Waals surface area (Å²) in [6.07, 6.45) is 8.12. The standard InChI is InChI=1S/C28H26F2N3O/c1-15-16(2)25(30)24-20-10-11-22(29)32-28(20)34-27(24)23(15)26-19-9-8-18(12-17-6-4-5-7-17)13-21(19)31-14-33(26)3/h8-11,13-14,17H,4-7,12H2,1-3H3/q+1. The normalized spacial score (nSPS) is 14.7. The van der Waals surface area contributed by atoms with Gasteiger partial charge in [-0.2, -0.15) is 9.37 Å². The quantitative estimate of drug-likeness (QED) is 0.225. The van der Waals surface area contributed by atoms with Gasteiger partial charge in [-0.15, -0.1) is 0 Å². The van der Waals surface area contributed by atoms with E-state index in [2.05, 4.69) is 23.2 Å². The minimum absolute atomic E-state index is 0.0972. The highest BCUT2D eigenvalue weighted by atomic mass is 19.1. The first-order valence-corrected chi connectivity index (χ1v) is 11.9. The van der Waals surface area contributed by atoms with E-state index in [-0.39, 0.29) is 11.5 Å². The summed E-state index contributed by atoms with van der Waals surface area (Å²) in [4.78, 5) is 8.58. The van der Waals surface area contributed by atoms with Gasteiger partial charge >= 0.3 is 0 Å². The van der Waals surface area contributed by atoms with E-state index in [1.54, 1.807) is 13.3 Å². The number of furan rings is 1. The van der Waals surface area contributed by atoms with Crippen LogP contribution in [-0.2, 0) is 13.5 Å². The minimum Gasteiger partial charge on any atom is -0.437 e. The maximum atomic E-state index is 15.5. The van der Waals surface area contributed by atoms with Crippen LogP contribution in [0.2, 0.25) is 0 Å². The number of halogens is 2. The first-order valence-electron chi connectivity index (χ1n) is 11.9. The number of fused-ring (bicyclic) bond motifs is 4. The highest BCUT2D eigenvalue weighted by molar-refractivity contribution is 6.11. The summed E-state index contributed by atoms with van der Waals surface area (Å²) in [6, 6.07) is 9.25. The summed E-state index contributed by atoms with van der Waals surface area (Å²) in [5.41, 5.74) is 5.67. The Kier molecular flexibility index (Phi) is 4.87. The van der Waals surface area contributed by atoms with Gasteiger partial charge in [-0.25, -0.2) is 8.96 Å². The van der Waals surface area contributed by atoms with Crippen molar-refractivity contribution < 1.29 is 17.8 Å². The van der Waals surface area contributed by atoms with Crippen LogP contribution < -0.4 is 4.57 Å². The lowest BCUT2D eigenvalue weighted by atomic mass is 9.93.